The molecule has 0 radical (unpaired) electrons. The monoisotopic (exact) mass is 403 g/mol. The van der Waals surface area contributed by atoms with Gasteiger partial charge in [0.15, 0.2) is 5.78 Å². The molecule has 0 aliphatic heterocycles. The van der Waals surface area contributed by atoms with E-state index in [1.54, 1.807) is 19.3 Å². The fourth-order valence-electron chi connectivity index (χ4n) is 3.62. The van der Waals surface area contributed by atoms with Crippen LogP contribution >= 0.6 is 0 Å². The standard InChI is InChI=1S/C22H25N7O/c1-3-17-19(15(2)30)20-21(25-8-5-10-29-11-9-24-14-29)27-18(28-22(20)26-17)12-16-6-4-7-23-13-16/h4,6-7,9,11,13-14H,3,5,8,10,12H2,1-2H3,(H2,25,26,27,28). The van der Waals surface area contributed by atoms with Gasteiger partial charge >= 0.3 is 0 Å². The van der Waals surface area contributed by atoms with Gasteiger partial charge in [-0.25, -0.2) is 15.0 Å². The molecule has 154 valence electrons. The Kier molecular flexibility index (Phi) is 5.83. The number of fused-ring (bicyclic) bond motifs is 1. The van der Waals surface area contributed by atoms with Gasteiger partial charge in [-0.15, -0.1) is 0 Å². The first-order valence-electron chi connectivity index (χ1n) is 10.2. The Balaban J connectivity index is 1.66. The Morgan fingerprint density at radius 1 is 1.23 bits per heavy atom. The van der Waals surface area contributed by atoms with Crippen LogP contribution in [-0.4, -0.2) is 41.8 Å². The van der Waals surface area contributed by atoms with Crippen LogP contribution in [0, 0.1) is 0 Å². The summed E-state index contributed by atoms with van der Waals surface area (Å²) >= 11 is 0. The molecule has 0 unspecified atom stereocenters. The van der Waals surface area contributed by atoms with Gasteiger partial charge in [0.2, 0.25) is 0 Å². The van der Waals surface area contributed by atoms with Crippen LogP contribution < -0.4 is 5.32 Å². The predicted molar refractivity (Wildman–Crippen MR) is 116 cm³/mol. The van der Waals surface area contributed by atoms with Crippen molar-refractivity contribution in [2.45, 2.75) is 39.7 Å². The molecule has 0 fully saturated rings. The molecular weight excluding hydrogens is 378 g/mol. The van der Waals surface area contributed by atoms with Crippen molar-refractivity contribution < 1.29 is 4.79 Å². The van der Waals surface area contributed by atoms with Crippen molar-refractivity contribution in [2.24, 2.45) is 0 Å². The second-order valence-corrected chi connectivity index (χ2v) is 7.22. The molecule has 0 amide bonds. The van der Waals surface area contributed by atoms with Crippen molar-refractivity contribution in [3.05, 3.63) is 65.9 Å². The van der Waals surface area contributed by atoms with Crippen LogP contribution in [0.3, 0.4) is 0 Å². The Morgan fingerprint density at radius 2 is 2.13 bits per heavy atom. The quantitative estimate of drug-likeness (QED) is 0.328. The SMILES string of the molecule is CCc1[nH]c2nc(Cc3cccnc3)nc(NCCCn3ccnc3)c2c1C(C)=O. The van der Waals surface area contributed by atoms with Crippen molar-refractivity contribution in [1.29, 1.82) is 0 Å². The molecule has 0 bridgehead atoms. The Bertz CT molecular complexity index is 1130. The first kappa shape index (κ1) is 19.8. The number of carbonyl (C=O) groups excluding carboxylic acids is 1. The van der Waals surface area contributed by atoms with Crippen molar-refractivity contribution in [1.82, 2.24) is 29.5 Å². The van der Waals surface area contributed by atoms with Crippen LogP contribution in [-0.2, 0) is 19.4 Å². The average Bonchev–Trinajstić information content (AvgIpc) is 3.39. The number of H-pyrrole nitrogens is 1. The highest BCUT2D eigenvalue weighted by Crippen LogP contribution is 2.29. The molecule has 8 nitrogen and oxygen atoms in total. The van der Waals surface area contributed by atoms with Gasteiger partial charge in [-0.05, 0) is 31.4 Å². The number of ketones is 1. The van der Waals surface area contributed by atoms with Gasteiger partial charge in [0, 0.05) is 50.0 Å². The van der Waals surface area contributed by atoms with Gasteiger partial charge in [-0.3, -0.25) is 9.78 Å². The fraction of sp³-hybridized carbons (Fsp3) is 0.318. The van der Waals surface area contributed by atoms with Gasteiger partial charge < -0.3 is 14.9 Å². The molecule has 2 N–H and O–H groups in total. The number of aromatic amines is 1. The average molecular weight is 403 g/mol. The third-order valence-electron chi connectivity index (χ3n) is 5.01. The van der Waals surface area contributed by atoms with E-state index in [2.05, 4.69) is 20.3 Å². The number of aromatic nitrogens is 6. The summed E-state index contributed by atoms with van der Waals surface area (Å²) in [5.41, 5.74) is 3.31. The molecular formula is C22H25N7O. The predicted octanol–water partition coefficient (Wildman–Crippen LogP) is 3.41. The maximum absolute atomic E-state index is 12.4. The molecule has 30 heavy (non-hydrogen) atoms. The zero-order chi connectivity index (χ0) is 20.9. The first-order chi connectivity index (χ1) is 14.7. The number of hydrogen-bond donors (Lipinski definition) is 2. The van der Waals surface area contributed by atoms with E-state index in [1.807, 2.05) is 42.3 Å². The lowest BCUT2D eigenvalue weighted by Gasteiger charge is -2.10. The molecule has 0 aliphatic rings. The normalized spacial score (nSPS) is 11.1. The Labute approximate surface area is 174 Å². The van der Waals surface area contributed by atoms with Gasteiger partial charge in [0.25, 0.3) is 0 Å². The Hall–Kier alpha value is -3.55. The molecule has 0 spiro atoms. The molecule has 4 aromatic rings. The number of anilines is 1. The summed E-state index contributed by atoms with van der Waals surface area (Å²) < 4.78 is 2.04. The van der Waals surface area contributed by atoms with Gasteiger partial charge in [-0.1, -0.05) is 13.0 Å². The van der Waals surface area contributed by atoms with Crippen molar-refractivity contribution in [3.8, 4) is 0 Å². The van der Waals surface area contributed by atoms with E-state index in [1.165, 1.54) is 0 Å². The number of aryl methyl sites for hydroxylation is 2. The van der Waals surface area contributed by atoms with Gasteiger partial charge in [-0.2, -0.15) is 0 Å². The number of Topliss-reactive ketones (excluding diaryl/α,β-unsaturated/α-hetero) is 1. The smallest absolute Gasteiger partial charge is 0.162 e. The number of rotatable bonds is 9. The molecule has 0 aliphatic carbocycles. The topological polar surface area (TPSA) is 101 Å². The number of carbonyl (C=O) groups is 1. The molecule has 4 rings (SSSR count). The molecule has 0 aromatic carbocycles. The number of imidazole rings is 1. The molecule has 4 heterocycles. The highest BCUT2D eigenvalue weighted by atomic mass is 16.1. The second kappa shape index (κ2) is 8.86. The van der Waals surface area contributed by atoms with E-state index in [9.17, 15) is 4.79 Å². The number of pyridine rings is 1. The number of hydrogen-bond acceptors (Lipinski definition) is 6. The molecule has 0 saturated heterocycles. The highest BCUT2D eigenvalue weighted by molar-refractivity contribution is 6.11. The first-order valence-corrected chi connectivity index (χ1v) is 10.2. The van der Waals surface area contributed by atoms with Crippen LogP contribution in [0.4, 0.5) is 5.82 Å². The number of nitrogens with one attached hydrogen (secondary N) is 2. The van der Waals surface area contributed by atoms with Crippen LogP contribution in [0.1, 0.15) is 47.7 Å². The van der Waals surface area contributed by atoms with Gasteiger partial charge in [0.1, 0.15) is 17.3 Å². The van der Waals surface area contributed by atoms with E-state index in [0.717, 1.165) is 42.6 Å². The van der Waals surface area contributed by atoms with Crippen molar-refractivity contribution in [2.75, 3.05) is 11.9 Å². The zero-order valence-corrected chi connectivity index (χ0v) is 17.2. The van der Waals surface area contributed by atoms with Crippen LogP contribution in [0.25, 0.3) is 11.0 Å². The summed E-state index contributed by atoms with van der Waals surface area (Å²) in [7, 11) is 0. The highest BCUT2D eigenvalue weighted by Gasteiger charge is 2.20. The summed E-state index contributed by atoms with van der Waals surface area (Å²) in [6, 6.07) is 3.91. The van der Waals surface area contributed by atoms with E-state index < -0.39 is 0 Å². The third-order valence-corrected chi connectivity index (χ3v) is 5.01. The van der Waals surface area contributed by atoms with Gasteiger partial charge in [0.05, 0.1) is 17.3 Å². The fourth-order valence-corrected chi connectivity index (χ4v) is 3.62. The number of nitrogens with zero attached hydrogens (tertiary/aromatic N) is 5. The maximum Gasteiger partial charge on any atom is 0.162 e. The molecule has 4 aromatic heterocycles. The zero-order valence-electron chi connectivity index (χ0n) is 17.2. The summed E-state index contributed by atoms with van der Waals surface area (Å²) in [5.74, 6) is 1.40. The maximum atomic E-state index is 12.4. The van der Waals surface area contributed by atoms with Crippen LogP contribution in [0.15, 0.2) is 43.2 Å². The molecule has 0 saturated carbocycles. The van der Waals surface area contributed by atoms with Crippen molar-refractivity contribution >= 4 is 22.6 Å². The third kappa shape index (κ3) is 4.22. The summed E-state index contributed by atoms with van der Waals surface area (Å²) in [6.45, 7) is 5.20. The van der Waals surface area contributed by atoms with E-state index >= 15 is 0 Å². The summed E-state index contributed by atoms with van der Waals surface area (Å²) in [5, 5.41) is 4.21. The lowest BCUT2D eigenvalue weighted by molar-refractivity contribution is 0.101. The van der Waals surface area contributed by atoms with E-state index in [0.29, 0.717) is 29.3 Å². The van der Waals surface area contributed by atoms with Crippen LogP contribution in [0.5, 0.6) is 0 Å². The lowest BCUT2D eigenvalue weighted by Crippen LogP contribution is -2.10. The minimum atomic E-state index is 0.0168. The molecule has 0 atom stereocenters. The largest absolute Gasteiger partial charge is 0.369 e. The Morgan fingerprint density at radius 3 is 2.83 bits per heavy atom. The second-order valence-electron chi connectivity index (χ2n) is 7.22. The van der Waals surface area contributed by atoms with E-state index in [-0.39, 0.29) is 5.78 Å². The molecule has 8 heteroatoms. The van der Waals surface area contributed by atoms with E-state index in [4.69, 9.17) is 9.97 Å². The summed E-state index contributed by atoms with van der Waals surface area (Å²) in [6.07, 6.45) is 11.3. The summed E-state index contributed by atoms with van der Waals surface area (Å²) in [4.78, 5) is 33.5. The van der Waals surface area contributed by atoms with Crippen molar-refractivity contribution in [3.63, 3.8) is 0 Å². The minimum absolute atomic E-state index is 0.0168. The minimum Gasteiger partial charge on any atom is -0.369 e. The lowest BCUT2D eigenvalue weighted by atomic mass is 10.1. The van der Waals surface area contributed by atoms with Crippen LogP contribution in [0.2, 0.25) is 0 Å².